The van der Waals surface area contributed by atoms with Gasteiger partial charge in [0, 0.05) is 12.6 Å². The van der Waals surface area contributed by atoms with Crippen LogP contribution in [0.1, 0.15) is 50.6 Å². The summed E-state index contributed by atoms with van der Waals surface area (Å²) in [7, 11) is 0. The molecule has 0 heterocycles. The number of allylic oxidation sites excluding steroid dienone is 1. The van der Waals surface area contributed by atoms with Crippen molar-refractivity contribution in [3.63, 3.8) is 0 Å². The Morgan fingerprint density at radius 2 is 1.96 bits per heavy atom. The molecule has 1 atom stereocenters. The SMILES string of the molecule is C[C@@H](NCC(=O)NC(=O)NCCC1=CCCCC1)c1ccccc1. The van der Waals surface area contributed by atoms with Gasteiger partial charge in [0.1, 0.15) is 0 Å². The molecule has 0 saturated heterocycles. The van der Waals surface area contributed by atoms with Crippen LogP contribution >= 0.6 is 0 Å². The van der Waals surface area contributed by atoms with E-state index < -0.39 is 6.03 Å². The summed E-state index contributed by atoms with van der Waals surface area (Å²) in [6.07, 6.45) is 7.91. The molecular weight excluding hydrogens is 302 g/mol. The first kappa shape index (κ1) is 18.2. The summed E-state index contributed by atoms with van der Waals surface area (Å²) in [6, 6.07) is 9.51. The van der Waals surface area contributed by atoms with Crippen LogP contribution in [0.3, 0.4) is 0 Å². The largest absolute Gasteiger partial charge is 0.337 e. The number of carbonyl (C=O) groups is 2. The second-order valence-electron chi connectivity index (χ2n) is 6.18. The molecule has 3 amide bonds. The molecule has 130 valence electrons. The van der Waals surface area contributed by atoms with Crippen LogP contribution in [0.25, 0.3) is 0 Å². The van der Waals surface area contributed by atoms with Gasteiger partial charge < -0.3 is 10.6 Å². The van der Waals surface area contributed by atoms with Crippen LogP contribution in [0.15, 0.2) is 42.0 Å². The molecule has 0 saturated carbocycles. The van der Waals surface area contributed by atoms with E-state index in [1.807, 2.05) is 37.3 Å². The molecule has 0 radical (unpaired) electrons. The van der Waals surface area contributed by atoms with Crippen LogP contribution < -0.4 is 16.0 Å². The minimum Gasteiger partial charge on any atom is -0.337 e. The van der Waals surface area contributed by atoms with E-state index in [4.69, 9.17) is 0 Å². The normalized spacial score (nSPS) is 15.3. The van der Waals surface area contributed by atoms with Crippen molar-refractivity contribution in [3.8, 4) is 0 Å². The molecule has 1 aliphatic carbocycles. The van der Waals surface area contributed by atoms with Gasteiger partial charge in [-0.05, 0) is 44.6 Å². The second-order valence-corrected chi connectivity index (χ2v) is 6.18. The van der Waals surface area contributed by atoms with Gasteiger partial charge in [-0.1, -0.05) is 42.0 Å². The minimum absolute atomic E-state index is 0.0539. The maximum absolute atomic E-state index is 11.8. The zero-order valence-corrected chi connectivity index (χ0v) is 14.3. The van der Waals surface area contributed by atoms with Gasteiger partial charge in [0.2, 0.25) is 5.91 Å². The number of rotatable bonds is 7. The van der Waals surface area contributed by atoms with Crippen LogP contribution in [0, 0.1) is 0 Å². The third-order valence-electron chi connectivity index (χ3n) is 4.24. The highest BCUT2D eigenvalue weighted by Gasteiger charge is 2.10. The molecule has 0 unspecified atom stereocenters. The van der Waals surface area contributed by atoms with Gasteiger partial charge in [-0.25, -0.2) is 4.79 Å². The van der Waals surface area contributed by atoms with Crippen molar-refractivity contribution < 1.29 is 9.59 Å². The molecule has 24 heavy (non-hydrogen) atoms. The van der Waals surface area contributed by atoms with Crippen LogP contribution in [-0.2, 0) is 4.79 Å². The fourth-order valence-electron chi connectivity index (χ4n) is 2.79. The van der Waals surface area contributed by atoms with E-state index in [-0.39, 0.29) is 18.5 Å². The first-order valence-electron chi connectivity index (χ1n) is 8.69. The Hall–Kier alpha value is -2.14. The number of hydrogen-bond acceptors (Lipinski definition) is 3. The molecular formula is C19H27N3O2. The van der Waals surface area contributed by atoms with Crippen molar-refractivity contribution in [3.05, 3.63) is 47.5 Å². The topological polar surface area (TPSA) is 70.2 Å². The van der Waals surface area contributed by atoms with Gasteiger partial charge in [0.15, 0.2) is 0 Å². The molecule has 0 spiro atoms. The van der Waals surface area contributed by atoms with Crippen molar-refractivity contribution in [1.29, 1.82) is 0 Å². The fourth-order valence-corrected chi connectivity index (χ4v) is 2.79. The first-order chi connectivity index (χ1) is 11.6. The lowest BCUT2D eigenvalue weighted by Gasteiger charge is -2.14. The predicted molar refractivity (Wildman–Crippen MR) is 95.6 cm³/mol. The lowest BCUT2D eigenvalue weighted by molar-refractivity contribution is -0.119. The average Bonchev–Trinajstić information content (AvgIpc) is 2.61. The molecule has 0 aromatic heterocycles. The average molecular weight is 329 g/mol. The van der Waals surface area contributed by atoms with Gasteiger partial charge in [-0.15, -0.1) is 0 Å². The van der Waals surface area contributed by atoms with Gasteiger partial charge in [0.05, 0.1) is 6.54 Å². The number of benzene rings is 1. The number of imide groups is 1. The van der Waals surface area contributed by atoms with E-state index in [1.165, 1.54) is 18.4 Å². The van der Waals surface area contributed by atoms with Crippen molar-refractivity contribution in [1.82, 2.24) is 16.0 Å². The molecule has 0 aliphatic heterocycles. The van der Waals surface area contributed by atoms with Crippen LogP contribution in [0.5, 0.6) is 0 Å². The van der Waals surface area contributed by atoms with Gasteiger partial charge in [-0.3, -0.25) is 10.1 Å². The Kier molecular flexibility index (Phi) is 7.49. The summed E-state index contributed by atoms with van der Waals surface area (Å²) in [6.45, 7) is 2.66. The van der Waals surface area contributed by atoms with E-state index in [9.17, 15) is 9.59 Å². The Bertz CT molecular complexity index is 569. The standard InChI is InChI=1S/C19H27N3O2/c1-15(17-10-6-3-7-11-17)21-14-18(23)22-19(24)20-13-12-16-8-4-2-5-9-16/h3,6-8,10-11,15,21H,2,4-5,9,12-14H2,1H3,(H2,20,22,23,24)/t15-/m1/s1. The molecule has 1 aromatic rings. The van der Waals surface area contributed by atoms with Crippen LogP contribution in [-0.4, -0.2) is 25.0 Å². The number of carbonyl (C=O) groups excluding carboxylic acids is 2. The number of hydrogen-bond donors (Lipinski definition) is 3. The van der Waals surface area contributed by atoms with Crippen molar-refractivity contribution in [2.45, 2.75) is 45.1 Å². The van der Waals surface area contributed by atoms with Gasteiger partial charge >= 0.3 is 6.03 Å². The maximum Gasteiger partial charge on any atom is 0.321 e. The number of urea groups is 1. The lowest BCUT2D eigenvalue weighted by atomic mass is 9.97. The third kappa shape index (κ3) is 6.54. The number of amides is 3. The summed E-state index contributed by atoms with van der Waals surface area (Å²) in [5, 5.41) is 8.20. The fraction of sp³-hybridized carbons (Fsp3) is 0.474. The van der Waals surface area contributed by atoms with Gasteiger partial charge in [-0.2, -0.15) is 0 Å². The summed E-state index contributed by atoms with van der Waals surface area (Å²) in [5.41, 5.74) is 2.52. The van der Waals surface area contributed by atoms with E-state index >= 15 is 0 Å². The highest BCUT2D eigenvalue weighted by molar-refractivity contribution is 5.95. The number of nitrogens with one attached hydrogen (secondary N) is 3. The lowest BCUT2D eigenvalue weighted by Crippen LogP contribution is -2.44. The molecule has 0 fully saturated rings. The Balaban J connectivity index is 1.61. The van der Waals surface area contributed by atoms with E-state index in [2.05, 4.69) is 22.0 Å². The Morgan fingerprint density at radius 1 is 1.17 bits per heavy atom. The van der Waals surface area contributed by atoms with Crippen LogP contribution in [0.2, 0.25) is 0 Å². The maximum atomic E-state index is 11.8. The molecule has 3 N–H and O–H groups in total. The second kappa shape index (κ2) is 9.88. The smallest absolute Gasteiger partial charge is 0.321 e. The Labute approximate surface area is 143 Å². The molecule has 5 nitrogen and oxygen atoms in total. The first-order valence-corrected chi connectivity index (χ1v) is 8.69. The van der Waals surface area contributed by atoms with Gasteiger partial charge in [0.25, 0.3) is 0 Å². The van der Waals surface area contributed by atoms with E-state index in [1.54, 1.807) is 0 Å². The molecule has 1 aliphatic rings. The zero-order valence-electron chi connectivity index (χ0n) is 14.3. The highest BCUT2D eigenvalue weighted by atomic mass is 16.2. The van der Waals surface area contributed by atoms with E-state index in [0.717, 1.165) is 24.8 Å². The molecule has 5 heteroatoms. The summed E-state index contributed by atoms with van der Waals surface area (Å²) >= 11 is 0. The minimum atomic E-state index is -0.425. The van der Waals surface area contributed by atoms with Crippen molar-refractivity contribution in [2.75, 3.05) is 13.1 Å². The monoisotopic (exact) mass is 329 g/mol. The highest BCUT2D eigenvalue weighted by Crippen LogP contribution is 2.19. The van der Waals surface area contributed by atoms with Crippen molar-refractivity contribution in [2.24, 2.45) is 0 Å². The van der Waals surface area contributed by atoms with Crippen LogP contribution in [0.4, 0.5) is 4.79 Å². The predicted octanol–water partition coefficient (Wildman–Crippen LogP) is 3.05. The quantitative estimate of drug-likeness (QED) is 0.673. The zero-order chi connectivity index (χ0) is 17.2. The molecule has 1 aromatic carbocycles. The summed E-state index contributed by atoms with van der Waals surface area (Å²) in [4.78, 5) is 23.5. The molecule has 0 bridgehead atoms. The summed E-state index contributed by atoms with van der Waals surface area (Å²) < 4.78 is 0. The Morgan fingerprint density at radius 3 is 2.67 bits per heavy atom. The summed E-state index contributed by atoms with van der Waals surface area (Å²) in [5.74, 6) is -0.327. The van der Waals surface area contributed by atoms with Crippen molar-refractivity contribution >= 4 is 11.9 Å². The van der Waals surface area contributed by atoms with E-state index in [0.29, 0.717) is 6.54 Å². The molecule has 2 rings (SSSR count). The third-order valence-corrected chi connectivity index (χ3v) is 4.24.